The van der Waals surface area contributed by atoms with Crippen molar-refractivity contribution in [2.45, 2.75) is 0 Å². The Morgan fingerprint density at radius 1 is 0.395 bits per heavy atom. The van der Waals surface area contributed by atoms with Crippen molar-refractivity contribution in [3.05, 3.63) is 134 Å². The van der Waals surface area contributed by atoms with E-state index in [9.17, 15) is 0 Å². The molecule has 0 bridgehead atoms. The first-order chi connectivity index (χ1) is 18.8. The Morgan fingerprint density at radius 3 is 1.50 bits per heavy atom. The molecule has 178 valence electrons. The minimum atomic E-state index is 0.650. The quantitative estimate of drug-likeness (QED) is 0.235. The molecule has 0 spiro atoms. The highest BCUT2D eigenvalue weighted by molar-refractivity contribution is 6.12. The van der Waals surface area contributed by atoms with Gasteiger partial charge in [0.1, 0.15) is 0 Å². The van der Waals surface area contributed by atoms with E-state index >= 15 is 0 Å². The van der Waals surface area contributed by atoms with Crippen LogP contribution in [-0.4, -0.2) is 19.9 Å². The number of hydrogen-bond donors (Lipinski definition) is 0. The highest BCUT2D eigenvalue weighted by atomic mass is 15.0. The maximum Gasteiger partial charge on any atom is 0.164 e. The Labute approximate surface area is 220 Å². The van der Waals surface area contributed by atoms with Crippen LogP contribution in [0.25, 0.3) is 67.0 Å². The number of pyridine rings is 1. The average Bonchev–Trinajstić information content (AvgIpc) is 3.01. The largest absolute Gasteiger partial charge is 0.256 e. The third-order valence-electron chi connectivity index (χ3n) is 6.76. The van der Waals surface area contributed by atoms with E-state index in [-0.39, 0.29) is 0 Å². The van der Waals surface area contributed by atoms with Gasteiger partial charge in [-0.15, -0.1) is 0 Å². The summed E-state index contributed by atoms with van der Waals surface area (Å²) >= 11 is 0. The smallest absolute Gasteiger partial charge is 0.164 e. The van der Waals surface area contributed by atoms with Gasteiger partial charge in [-0.05, 0) is 28.6 Å². The zero-order chi connectivity index (χ0) is 25.3. The number of fused-ring (bicyclic) bond motifs is 3. The Hall–Kier alpha value is -5.22. The Morgan fingerprint density at radius 2 is 0.895 bits per heavy atom. The molecule has 0 amide bonds. The van der Waals surface area contributed by atoms with Crippen molar-refractivity contribution in [3.8, 4) is 45.3 Å². The summed E-state index contributed by atoms with van der Waals surface area (Å²) < 4.78 is 0. The van der Waals surface area contributed by atoms with Gasteiger partial charge in [-0.25, -0.2) is 15.0 Å². The van der Waals surface area contributed by atoms with E-state index in [1.807, 2.05) is 72.9 Å². The summed E-state index contributed by atoms with van der Waals surface area (Å²) in [5.74, 6) is 1.97. The van der Waals surface area contributed by atoms with Crippen molar-refractivity contribution in [2.24, 2.45) is 0 Å². The highest BCUT2D eigenvalue weighted by Crippen LogP contribution is 2.35. The van der Waals surface area contributed by atoms with E-state index in [0.717, 1.165) is 38.5 Å². The first-order valence-electron chi connectivity index (χ1n) is 12.6. The molecule has 5 aromatic carbocycles. The predicted molar refractivity (Wildman–Crippen MR) is 154 cm³/mol. The fourth-order valence-electron chi connectivity index (χ4n) is 4.89. The maximum atomic E-state index is 4.86. The third-order valence-corrected chi connectivity index (χ3v) is 6.76. The summed E-state index contributed by atoms with van der Waals surface area (Å²) in [5.41, 5.74) is 6.20. The lowest BCUT2D eigenvalue weighted by Gasteiger charge is -2.11. The minimum absolute atomic E-state index is 0.650. The number of hydrogen-bond acceptors (Lipinski definition) is 4. The molecule has 4 nitrogen and oxygen atoms in total. The van der Waals surface area contributed by atoms with Gasteiger partial charge in [-0.1, -0.05) is 115 Å². The van der Waals surface area contributed by atoms with Crippen molar-refractivity contribution >= 4 is 21.7 Å². The van der Waals surface area contributed by atoms with Gasteiger partial charge in [0.2, 0.25) is 0 Å². The van der Waals surface area contributed by atoms with Crippen LogP contribution in [0.2, 0.25) is 0 Å². The molecule has 0 unspecified atom stereocenters. The molecular weight excluding hydrogens is 464 g/mol. The van der Waals surface area contributed by atoms with Crippen LogP contribution in [0, 0.1) is 0 Å². The molecule has 38 heavy (non-hydrogen) atoms. The zero-order valence-electron chi connectivity index (χ0n) is 20.5. The summed E-state index contributed by atoms with van der Waals surface area (Å²) in [5, 5.41) is 3.47. The molecule has 0 N–H and O–H groups in total. The van der Waals surface area contributed by atoms with E-state index in [0.29, 0.717) is 17.5 Å². The van der Waals surface area contributed by atoms with Gasteiger partial charge in [0.15, 0.2) is 17.5 Å². The van der Waals surface area contributed by atoms with Gasteiger partial charge in [0.25, 0.3) is 0 Å². The molecular formula is C34H22N4. The van der Waals surface area contributed by atoms with Crippen molar-refractivity contribution < 1.29 is 0 Å². The molecule has 0 radical (unpaired) electrons. The van der Waals surface area contributed by atoms with Gasteiger partial charge in [0, 0.05) is 33.7 Å². The van der Waals surface area contributed by atoms with Crippen LogP contribution in [0.1, 0.15) is 0 Å². The van der Waals surface area contributed by atoms with Crippen molar-refractivity contribution in [3.63, 3.8) is 0 Å². The molecule has 0 aliphatic carbocycles. The third kappa shape index (κ3) is 3.98. The fourth-order valence-corrected chi connectivity index (χ4v) is 4.89. The predicted octanol–water partition coefficient (Wildman–Crippen LogP) is 8.24. The first kappa shape index (κ1) is 22.0. The van der Waals surface area contributed by atoms with Gasteiger partial charge >= 0.3 is 0 Å². The lowest BCUT2D eigenvalue weighted by Crippen LogP contribution is -2.00. The average molecular weight is 487 g/mol. The normalized spacial score (nSPS) is 11.2. The molecule has 7 rings (SSSR count). The van der Waals surface area contributed by atoms with Crippen molar-refractivity contribution in [1.82, 2.24) is 19.9 Å². The molecule has 0 atom stereocenters. The van der Waals surface area contributed by atoms with Crippen LogP contribution in [0.5, 0.6) is 0 Å². The maximum absolute atomic E-state index is 4.86. The molecule has 0 aliphatic rings. The Kier molecular flexibility index (Phi) is 5.41. The Balaban J connectivity index is 1.35. The van der Waals surface area contributed by atoms with Crippen LogP contribution in [0.4, 0.5) is 0 Å². The molecule has 0 saturated carbocycles. The number of benzene rings is 5. The van der Waals surface area contributed by atoms with Gasteiger partial charge in [-0.3, -0.25) is 4.98 Å². The first-order valence-corrected chi connectivity index (χ1v) is 12.6. The van der Waals surface area contributed by atoms with Gasteiger partial charge < -0.3 is 0 Å². The number of aromatic nitrogens is 4. The van der Waals surface area contributed by atoms with Crippen LogP contribution in [0.15, 0.2) is 134 Å². The summed E-state index contributed by atoms with van der Waals surface area (Å²) in [6.45, 7) is 0. The molecule has 7 aromatic rings. The van der Waals surface area contributed by atoms with E-state index in [4.69, 9.17) is 15.0 Å². The fraction of sp³-hybridized carbons (Fsp3) is 0. The van der Waals surface area contributed by atoms with E-state index in [1.54, 1.807) is 0 Å². The molecule has 2 heterocycles. The molecule has 0 aliphatic heterocycles. The molecule has 4 heteroatoms. The van der Waals surface area contributed by atoms with Crippen LogP contribution < -0.4 is 0 Å². The number of nitrogens with zero attached hydrogens (tertiary/aromatic N) is 4. The van der Waals surface area contributed by atoms with Gasteiger partial charge in [-0.2, -0.15) is 0 Å². The summed E-state index contributed by atoms with van der Waals surface area (Å²) in [6.07, 6.45) is 1.85. The van der Waals surface area contributed by atoms with Crippen molar-refractivity contribution in [1.29, 1.82) is 0 Å². The molecule has 0 saturated heterocycles. The molecule has 2 aromatic heterocycles. The minimum Gasteiger partial charge on any atom is -0.256 e. The highest BCUT2D eigenvalue weighted by Gasteiger charge is 2.13. The monoisotopic (exact) mass is 486 g/mol. The van der Waals surface area contributed by atoms with E-state index in [1.165, 1.54) is 10.9 Å². The van der Waals surface area contributed by atoms with Crippen LogP contribution in [0.3, 0.4) is 0 Å². The second kappa shape index (κ2) is 9.34. The van der Waals surface area contributed by atoms with Crippen LogP contribution in [-0.2, 0) is 0 Å². The van der Waals surface area contributed by atoms with Gasteiger partial charge in [0.05, 0.1) is 5.52 Å². The number of rotatable bonds is 4. The summed E-state index contributed by atoms with van der Waals surface area (Å²) in [7, 11) is 0. The molecule has 0 fully saturated rings. The second-order valence-electron chi connectivity index (χ2n) is 9.16. The summed E-state index contributed by atoms with van der Waals surface area (Å²) in [6, 6.07) is 43.3. The Bertz CT molecular complexity index is 1840. The topological polar surface area (TPSA) is 51.6 Å². The second-order valence-corrected chi connectivity index (χ2v) is 9.16. The summed E-state index contributed by atoms with van der Waals surface area (Å²) in [4.78, 5) is 19.2. The van der Waals surface area contributed by atoms with E-state index < -0.39 is 0 Å². The standard InChI is InChI=1S/C34H22N4/c1-3-10-24(11-4-1)32-36-33(25-12-5-2-6-13-25)38-34(37-32)26-19-17-23(18-20-26)30-22-27-14-9-21-35-31(27)29-16-8-7-15-28(29)30/h1-22H. The SMILES string of the molecule is c1ccc(-c2nc(-c3ccccc3)nc(-c3ccc(-c4cc5cccnc5c5ccccc45)cc3)n2)cc1. The van der Waals surface area contributed by atoms with E-state index in [2.05, 4.69) is 65.6 Å². The van der Waals surface area contributed by atoms with Crippen LogP contribution >= 0.6 is 0 Å². The van der Waals surface area contributed by atoms with Crippen molar-refractivity contribution in [2.75, 3.05) is 0 Å². The lowest BCUT2D eigenvalue weighted by molar-refractivity contribution is 1.07. The lowest BCUT2D eigenvalue weighted by atomic mass is 9.95. The zero-order valence-corrected chi connectivity index (χ0v) is 20.5.